The highest BCUT2D eigenvalue weighted by Gasteiger charge is 2.11. The van der Waals surface area contributed by atoms with E-state index in [9.17, 15) is 4.79 Å². The zero-order valence-electron chi connectivity index (χ0n) is 15.3. The molecule has 3 aromatic rings. The number of aromatic nitrogens is 3. The Balaban J connectivity index is 1.65. The van der Waals surface area contributed by atoms with E-state index >= 15 is 0 Å². The van der Waals surface area contributed by atoms with E-state index in [0.29, 0.717) is 18.2 Å². The number of carbonyl (C=O) groups excluding carboxylic acids is 1. The van der Waals surface area contributed by atoms with Gasteiger partial charge in [0.25, 0.3) is 0 Å². The van der Waals surface area contributed by atoms with E-state index in [1.54, 1.807) is 23.2 Å². The zero-order chi connectivity index (χ0) is 19.2. The summed E-state index contributed by atoms with van der Waals surface area (Å²) < 4.78 is 1.74. The molecule has 0 spiro atoms. The van der Waals surface area contributed by atoms with Crippen LogP contribution in [0.5, 0.6) is 0 Å². The number of halogens is 1. The monoisotopic (exact) mass is 380 g/mol. The number of carbonyl (C=O) groups is 1. The van der Waals surface area contributed by atoms with Crippen LogP contribution in [0.1, 0.15) is 27.9 Å². The van der Waals surface area contributed by atoms with E-state index < -0.39 is 0 Å². The third-order valence-electron chi connectivity index (χ3n) is 4.15. The molecule has 27 heavy (non-hydrogen) atoms. The molecule has 1 amide bonds. The standard InChI is InChI=1S/C21H21ClN4O/c1-15-5-7-17(8-6-15)14-26-21(22)19(16(2)25-26)9-10-20(27)24-13-18-4-3-11-23-12-18/h3-12H,13-14H2,1-2H3,(H,24,27)/b10-9+. The highest BCUT2D eigenvalue weighted by atomic mass is 35.5. The second-order valence-corrected chi connectivity index (χ2v) is 6.70. The van der Waals surface area contributed by atoms with Crippen LogP contribution in [0.2, 0.25) is 5.15 Å². The van der Waals surface area contributed by atoms with Gasteiger partial charge in [0.1, 0.15) is 5.15 Å². The third kappa shape index (κ3) is 5.05. The normalized spacial score (nSPS) is 11.1. The number of aryl methyl sites for hydroxylation is 2. The van der Waals surface area contributed by atoms with E-state index in [1.807, 2.05) is 19.1 Å². The molecule has 1 N–H and O–H groups in total. The Morgan fingerprint density at radius 1 is 1.19 bits per heavy atom. The van der Waals surface area contributed by atoms with Crippen molar-refractivity contribution < 1.29 is 4.79 Å². The lowest BCUT2D eigenvalue weighted by molar-refractivity contribution is -0.116. The molecule has 0 saturated carbocycles. The van der Waals surface area contributed by atoms with E-state index in [0.717, 1.165) is 22.4 Å². The van der Waals surface area contributed by atoms with Crippen molar-refractivity contribution in [1.29, 1.82) is 0 Å². The molecule has 2 aromatic heterocycles. The van der Waals surface area contributed by atoms with Gasteiger partial charge in [-0.25, -0.2) is 4.68 Å². The fourth-order valence-corrected chi connectivity index (χ4v) is 2.93. The quantitative estimate of drug-likeness (QED) is 0.659. The van der Waals surface area contributed by atoms with Crippen LogP contribution < -0.4 is 5.32 Å². The Morgan fingerprint density at radius 3 is 2.67 bits per heavy atom. The number of nitrogens with one attached hydrogen (secondary N) is 1. The van der Waals surface area contributed by atoms with Crippen LogP contribution in [0.25, 0.3) is 6.08 Å². The Morgan fingerprint density at radius 2 is 1.96 bits per heavy atom. The van der Waals surface area contributed by atoms with Gasteiger partial charge >= 0.3 is 0 Å². The molecule has 1 aromatic carbocycles. The molecule has 0 radical (unpaired) electrons. The zero-order valence-corrected chi connectivity index (χ0v) is 16.1. The molecule has 0 atom stereocenters. The maximum atomic E-state index is 12.1. The Bertz CT molecular complexity index is 946. The summed E-state index contributed by atoms with van der Waals surface area (Å²) in [5.41, 5.74) is 4.81. The van der Waals surface area contributed by atoms with Crippen LogP contribution in [0.3, 0.4) is 0 Å². The minimum Gasteiger partial charge on any atom is -0.348 e. The summed E-state index contributed by atoms with van der Waals surface area (Å²) in [6.07, 6.45) is 6.60. The summed E-state index contributed by atoms with van der Waals surface area (Å²) in [5.74, 6) is -0.194. The third-order valence-corrected chi connectivity index (χ3v) is 4.55. The second-order valence-electron chi connectivity index (χ2n) is 6.35. The number of hydrogen-bond donors (Lipinski definition) is 1. The summed E-state index contributed by atoms with van der Waals surface area (Å²) in [4.78, 5) is 16.1. The molecule has 0 aliphatic heterocycles. The van der Waals surface area contributed by atoms with Gasteiger partial charge < -0.3 is 5.32 Å². The van der Waals surface area contributed by atoms with Crippen molar-refractivity contribution in [2.45, 2.75) is 26.9 Å². The second kappa shape index (κ2) is 8.64. The van der Waals surface area contributed by atoms with E-state index in [-0.39, 0.29) is 5.91 Å². The molecule has 5 nitrogen and oxygen atoms in total. The minimum absolute atomic E-state index is 0.194. The molecule has 0 aliphatic rings. The van der Waals surface area contributed by atoms with Crippen molar-refractivity contribution in [3.05, 3.63) is 88.0 Å². The van der Waals surface area contributed by atoms with Gasteiger partial charge in [0.15, 0.2) is 0 Å². The van der Waals surface area contributed by atoms with Gasteiger partial charge in [-0.1, -0.05) is 47.5 Å². The van der Waals surface area contributed by atoms with Gasteiger partial charge in [0, 0.05) is 30.6 Å². The first kappa shape index (κ1) is 18.9. The number of rotatable bonds is 6. The van der Waals surface area contributed by atoms with Crippen LogP contribution in [-0.4, -0.2) is 20.7 Å². The van der Waals surface area contributed by atoms with Gasteiger partial charge in [-0.05, 0) is 37.1 Å². The molecule has 138 valence electrons. The molecule has 3 rings (SSSR count). The Labute approximate surface area is 163 Å². The lowest BCUT2D eigenvalue weighted by Gasteiger charge is -2.04. The first-order valence-corrected chi connectivity index (χ1v) is 9.04. The largest absolute Gasteiger partial charge is 0.348 e. The van der Waals surface area contributed by atoms with Gasteiger partial charge in [-0.15, -0.1) is 0 Å². The Kier molecular flexibility index (Phi) is 6.04. The number of benzene rings is 1. The summed E-state index contributed by atoms with van der Waals surface area (Å²) in [6, 6.07) is 12.0. The van der Waals surface area contributed by atoms with Crippen LogP contribution >= 0.6 is 11.6 Å². The molecule has 0 saturated heterocycles. The van der Waals surface area contributed by atoms with Crippen LogP contribution in [0.15, 0.2) is 54.9 Å². The van der Waals surface area contributed by atoms with E-state index in [1.165, 1.54) is 11.6 Å². The summed E-state index contributed by atoms with van der Waals surface area (Å²) in [5, 5.41) is 7.83. The van der Waals surface area contributed by atoms with Crippen molar-refractivity contribution in [2.24, 2.45) is 0 Å². The maximum absolute atomic E-state index is 12.1. The molecular formula is C21H21ClN4O. The van der Waals surface area contributed by atoms with Crippen LogP contribution in [0, 0.1) is 13.8 Å². The topological polar surface area (TPSA) is 59.8 Å². The van der Waals surface area contributed by atoms with Gasteiger partial charge in [-0.3, -0.25) is 9.78 Å². The van der Waals surface area contributed by atoms with Gasteiger partial charge in [0.2, 0.25) is 5.91 Å². The van der Waals surface area contributed by atoms with Gasteiger partial charge in [0.05, 0.1) is 12.2 Å². The highest BCUT2D eigenvalue weighted by Crippen LogP contribution is 2.22. The minimum atomic E-state index is -0.194. The predicted molar refractivity (Wildman–Crippen MR) is 107 cm³/mol. The van der Waals surface area contributed by atoms with Crippen molar-refractivity contribution in [1.82, 2.24) is 20.1 Å². The summed E-state index contributed by atoms with van der Waals surface area (Å²) in [6.45, 7) is 4.94. The maximum Gasteiger partial charge on any atom is 0.244 e. The van der Waals surface area contributed by atoms with Crippen LogP contribution in [0.4, 0.5) is 0 Å². The van der Waals surface area contributed by atoms with Crippen molar-refractivity contribution in [2.75, 3.05) is 0 Å². The fourth-order valence-electron chi connectivity index (χ4n) is 2.64. The summed E-state index contributed by atoms with van der Waals surface area (Å²) in [7, 11) is 0. The van der Waals surface area contributed by atoms with E-state index in [4.69, 9.17) is 11.6 Å². The molecule has 0 unspecified atom stereocenters. The number of nitrogens with zero attached hydrogens (tertiary/aromatic N) is 3. The first-order chi connectivity index (χ1) is 13.0. The van der Waals surface area contributed by atoms with Crippen molar-refractivity contribution >= 4 is 23.6 Å². The Hall–Kier alpha value is -2.92. The number of pyridine rings is 1. The lowest BCUT2D eigenvalue weighted by atomic mass is 10.1. The first-order valence-electron chi connectivity index (χ1n) is 8.66. The summed E-state index contributed by atoms with van der Waals surface area (Å²) >= 11 is 6.48. The smallest absolute Gasteiger partial charge is 0.244 e. The van der Waals surface area contributed by atoms with Gasteiger partial charge in [-0.2, -0.15) is 5.10 Å². The number of hydrogen-bond acceptors (Lipinski definition) is 3. The lowest BCUT2D eigenvalue weighted by Crippen LogP contribution is -2.20. The average molecular weight is 381 g/mol. The molecule has 0 aliphatic carbocycles. The average Bonchev–Trinajstić information content (AvgIpc) is 2.94. The van der Waals surface area contributed by atoms with E-state index in [2.05, 4.69) is 46.6 Å². The van der Waals surface area contributed by atoms with Crippen molar-refractivity contribution in [3.8, 4) is 0 Å². The molecule has 6 heteroatoms. The van der Waals surface area contributed by atoms with Crippen LogP contribution in [-0.2, 0) is 17.9 Å². The molecule has 0 fully saturated rings. The SMILES string of the molecule is Cc1ccc(Cn2nc(C)c(/C=C/C(=O)NCc3cccnc3)c2Cl)cc1. The molecule has 0 bridgehead atoms. The predicted octanol–water partition coefficient (Wildman–Crippen LogP) is 3.93. The van der Waals surface area contributed by atoms with Crippen molar-refractivity contribution in [3.63, 3.8) is 0 Å². The molecular weight excluding hydrogens is 360 g/mol. The fraction of sp³-hybridized carbons (Fsp3) is 0.190. The number of amides is 1. The highest BCUT2D eigenvalue weighted by molar-refractivity contribution is 6.31. The molecule has 2 heterocycles.